The molecule has 0 radical (unpaired) electrons. The number of hydrogen-bond acceptors (Lipinski definition) is 4. The first kappa shape index (κ1) is 16.7. The van der Waals surface area contributed by atoms with Crippen LogP contribution in [0.15, 0.2) is 61.1 Å². The van der Waals surface area contributed by atoms with Crippen molar-refractivity contribution in [1.82, 2.24) is 20.1 Å². The van der Waals surface area contributed by atoms with Crippen LogP contribution < -0.4 is 10.1 Å². The summed E-state index contributed by atoms with van der Waals surface area (Å²) in [6, 6.07) is 13.2. The van der Waals surface area contributed by atoms with E-state index in [4.69, 9.17) is 4.74 Å². The zero-order valence-electron chi connectivity index (χ0n) is 14.1. The molecule has 2 heterocycles. The molecule has 0 aliphatic rings. The Kier molecular flexibility index (Phi) is 5.41. The third-order valence-electron chi connectivity index (χ3n) is 3.65. The van der Waals surface area contributed by atoms with Gasteiger partial charge in [0.05, 0.1) is 12.8 Å². The van der Waals surface area contributed by atoms with Gasteiger partial charge in [0.15, 0.2) is 0 Å². The van der Waals surface area contributed by atoms with Crippen molar-refractivity contribution < 1.29 is 9.53 Å². The minimum atomic E-state index is -0.167. The summed E-state index contributed by atoms with van der Waals surface area (Å²) in [7, 11) is 1.89. The molecule has 1 amide bonds. The minimum absolute atomic E-state index is 0.167. The van der Waals surface area contributed by atoms with Crippen LogP contribution in [0.1, 0.15) is 16.9 Å². The molecule has 2 aromatic heterocycles. The Labute approximate surface area is 146 Å². The number of benzene rings is 1. The van der Waals surface area contributed by atoms with Crippen molar-refractivity contribution in [1.29, 1.82) is 0 Å². The molecule has 0 spiro atoms. The lowest BCUT2D eigenvalue weighted by Gasteiger charge is -2.08. The van der Waals surface area contributed by atoms with Crippen molar-refractivity contribution in [2.24, 2.45) is 7.05 Å². The van der Waals surface area contributed by atoms with Crippen molar-refractivity contribution >= 4 is 5.91 Å². The number of aryl methyl sites for hydroxylation is 1. The molecule has 0 aliphatic carbocycles. The number of carbonyl (C=O) groups is 1. The molecule has 0 saturated heterocycles. The van der Waals surface area contributed by atoms with E-state index >= 15 is 0 Å². The van der Waals surface area contributed by atoms with Crippen LogP contribution in [-0.2, 0) is 7.05 Å². The van der Waals surface area contributed by atoms with E-state index in [-0.39, 0.29) is 5.91 Å². The Balaban J connectivity index is 1.44. The van der Waals surface area contributed by atoms with Crippen molar-refractivity contribution in [2.45, 2.75) is 6.42 Å². The summed E-state index contributed by atoms with van der Waals surface area (Å²) in [4.78, 5) is 15.9. The molecule has 3 aromatic rings. The van der Waals surface area contributed by atoms with Crippen LogP contribution in [0.4, 0.5) is 0 Å². The van der Waals surface area contributed by atoms with Gasteiger partial charge in [-0.3, -0.25) is 14.5 Å². The van der Waals surface area contributed by atoms with Gasteiger partial charge in [-0.15, -0.1) is 0 Å². The van der Waals surface area contributed by atoms with Gasteiger partial charge in [0.25, 0.3) is 5.91 Å². The van der Waals surface area contributed by atoms with Crippen LogP contribution in [0.25, 0.3) is 11.1 Å². The van der Waals surface area contributed by atoms with Crippen LogP contribution >= 0.6 is 0 Å². The quantitative estimate of drug-likeness (QED) is 0.674. The second-order valence-electron chi connectivity index (χ2n) is 5.60. The van der Waals surface area contributed by atoms with Crippen molar-refractivity contribution in [3.8, 4) is 16.9 Å². The monoisotopic (exact) mass is 336 g/mol. The highest BCUT2D eigenvalue weighted by Crippen LogP contribution is 2.23. The number of carbonyl (C=O) groups excluding carboxylic acids is 1. The predicted octanol–water partition coefficient (Wildman–Crippen LogP) is 2.68. The summed E-state index contributed by atoms with van der Waals surface area (Å²) in [5.74, 6) is 0.636. The Bertz CT molecular complexity index is 830. The smallest absolute Gasteiger partial charge is 0.269 e. The van der Waals surface area contributed by atoms with E-state index in [0.717, 1.165) is 23.3 Å². The molecule has 128 valence electrons. The molecule has 0 aliphatic heterocycles. The average molecular weight is 336 g/mol. The summed E-state index contributed by atoms with van der Waals surface area (Å²) in [5.41, 5.74) is 2.54. The second-order valence-corrected chi connectivity index (χ2v) is 5.60. The predicted molar refractivity (Wildman–Crippen MR) is 95.3 cm³/mol. The van der Waals surface area contributed by atoms with Gasteiger partial charge >= 0.3 is 0 Å². The zero-order chi connectivity index (χ0) is 17.5. The Morgan fingerprint density at radius 1 is 1.20 bits per heavy atom. The standard InChI is InChI=1S/C19H20N4O2/c1-23-14-16(13-22-23)15-6-4-7-17(12-15)25-11-5-10-21-19(24)18-8-2-3-9-20-18/h2-4,6-9,12-14H,5,10-11H2,1H3,(H,21,24). The van der Waals surface area contributed by atoms with Gasteiger partial charge in [-0.25, -0.2) is 0 Å². The van der Waals surface area contributed by atoms with Crippen molar-refractivity contribution in [3.05, 3.63) is 66.7 Å². The van der Waals surface area contributed by atoms with E-state index in [9.17, 15) is 4.79 Å². The van der Waals surface area contributed by atoms with Gasteiger partial charge in [0.1, 0.15) is 11.4 Å². The third-order valence-corrected chi connectivity index (χ3v) is 3.65. The SMILES string of the molecule is Cn1cc(-c2cccc(OCCCNC(=O)c3ccccn3)c2)cn1. The first-order chi connectivity index (χ1) is 12.2. The van der Waals surface area contributed by atoms with Crippen LogP contribution in [0, 0.1) is 0 Å². The van der Waals surface area contributed by atoms with Crippen LogP contribution in [0.5, 0.6) is 5.75 Å². The molecule has 25 heavy (non-hydrogen) atoms. The Morgan fingerprint density at radius 3 is 2.88 bits per heavy atom. The number of ether oxygens (including phenoxy) is 1. The molecule has 1 N–H and O–H groups in total. The van der Waals surface area contributed by atoms with E-state index in [1.165, 1.54) is 0 Å². The minimum Gasteiger partial charge on any atom is -0.494 e. The maximum atomic E-state index is 11.9. The maximum Gasteiger partial charge on any atom is 0.269 e. The van der Waals surface area contributed by atoms with E-state index in [1.807, 2.05) is 43.7 Å². The summed E-state index contributed by atoms with van der Waals surface area (Å²) < 4.78 is 7.54. The largest absolute Gasteiger partial charge is 0.494 e. The van der Waals surface area contributed by atoms with Gasteiger partial charge in [-0.05, 0) is 36.2 Å². The summed E-state index contributed by atoms with van der Waals surface area (Å²) in [6.45, 7) is 1.07. The lowest BCUT2D eigenvalue weighted by molar-refractivity contribution is 0.0946. The number of rotatable bonds is 7. The van der Waals surface area contributed by atoms with Crippen LogP contribution in [0.3, 0.4) is 0 Å². The summed E-state index contributed by atoms with van der Waals surface area (Å²) >= 11 is 0. The molecule has 6 heteroatoms. The molecule has 1 aromatic carbocycles. The normalized spacial score (nSPS) is 10.4. The number of hydrogen-bond donors (Lipinski definition) is 1. The number of nitrogens with one attached hydrogen (secondary N) is 1. The van der Waals surface area contributed by atoms with Gasteiger partial charge < -0.3 is 10.1 Å². The van der Waals surface area contributed by atoms with Gasteiger partial charge in [-0.2, -0.15) is 5.10 Å². The highest BCUT2D eigenvalue weighted by Gasteiger charge is 2.05. The van der Waals surface area contributed by atoms with Crippen LogP contribution in [0.2, 0.25) is 0 Å². The van der Waals surface area contributed by atoms with E-state index in [0.29, 0.717) is 18.8 Å². The average Bonchev–Trinajstić information content (AvgIpc) is 3.09. The number of nitrogens with zero attached hydrogens (tertiary/aromatic N) is 3. The van der Waals surface area contributed by atoms with Gasteiger partial charge in [0.2, 0.25) is 0 Å². The van der Waals surface area contributed by atoms with E-state index in [2.05, 4.69) is 15.4 Å². The summed E-state index contributed by atoms with van der Waals surface area (Å²) in [5, 5.41) is 7.01. The van der Waals surface area contributed by atoms with Crippen LogP contribution in [-0.4, -0.2) is 33.8 Å². The lowest BCUT2D eigenvalue weighted by atomic mass is 10.1. The molecule has 0 bridgehead atoms. The Hall–Kier alpha value is -3.15. The topological polar surface area (TPSA) is 69.0 Å². The fourth-order valence-corrected chi connectivity index (χ4v) is 2.39. The molecular weight excluding hydrogens is 316 g/mol. The Morgan fingerprint density at radius 2 is 2.12 bits per heavy atom. The molecule has 3 rings (SSSR count). The zero-order valence-corrected chi connectivity index (χ0v) is 14.1. The second kappa shape index (κ2) is 8.10. The first-order valence-electron chi connectivity index (χ1n) is 8.13. The molecule has 6 nitrogen and oxygen atoms in total. The fourth-order valence-electron chi connectivity index (χ4n) is 2.39. The first-order valence-corrected chi connectivity index (χ1v) is 8.13. The van der Waals surface area contributed by atoms with Crippen molar-refractivity contribution in [3.63, 3.8) is 0 Å². The molecular formula is C19H20N4O2. The fraction of sp³-hybridized carbons (Fsp3) is 0.211. The summed E-state index contributed by atoms with van der Waals surface area (Å²) in [6.07, 6.45) is 6.11. The lowest BCUT2D eigenvalue weighted by Crippen LogP contribution is -2.26. The molecule has 0 saturated carbocycles. The number of aromatic nitrogens is 3. The third kappa shape index (κ3) is 4.67. The van der Waals surface area contributed by atoms with Gasteiger partial charge in [-0.1, -0.05) is 18.2 Å². The van der Waals surface area contributed by atoms with E-state index < -0.39 is 0 Å². The van der Waals surface area contributed by atoms with E-state index in [1.54, 1.807) is 29.1 Å². The maximum absolute atomic E-state index is 11.9. The number of amides is 1. The number of pyridine rings is 1. The van der Waals surface area contributed by atoms with Crippen molar-refractivity contribution in [2.75, 3.05) is 13.2 Å². The highest BCUT2D eigenvalue weighted by molar-refractivity contribution is 5.92. The highest BCUT2D eigenvalue weighted by atomic mass is 16.5. The molecule has 0 unspecified atom stereocenters. The van der Waals surface area contributed by atoms with Gasteiger partial charge in [0, 0.05) is 31.5 Å². The molecule has 0 atom stereocenters. The molecule has 0 fully saturated rings.